The second-order valence-corrected chi connectivity index (χ2v) is 9.81. The molecule has 1 fully saturated rings. The highest BCUT2D eigenvalue weighted by molar-refractivity contribution is 5.91. The van der Waals surface area contributed by atoms with Crippen LogP contribution in [0.5, 0.6) is 0 Å². The van der Waals surface area contributed by atoms with Crippen molar-refractivity contribution in [3.05, 3.63) is 59.7 Å². The van der Waals surface area contributed by atoms with Crippen molar-refractivity contribution in [3.8, 4) is 11.1 Å². The second-order valence-electron chi connectivity index (χ2n) is 9.81. The van der Waals surface area contributed by atoms with Crippen LogP contribution in [0.1, 0.15) is 43.2 Å². The van der Waals surface area contributed by atoms with Gasteiger partial charge in [0.25, 0.3) is 0 Å². The molecule has 1 heterocycles. The lowest BCUT2D eigenvalue weighted by Crippen LogP contribution is -2.63. The first-order valence-electron chi connectivity index (χ1n) is 12.0. The minimum absolute atomic E-state index is 0.0893. The number of ether oxygens (including phenoxy) is 1. The molecule has 2 aliphatic rings. The number of likely N-dealkylation sites (tertiary alicyclic amines) is 1. The molecule has 8 nitrogen and oxygen atoms in total. The zero-order valence-electron chi connectivity index (χ0n) is 20.5. The fourth-order valence-electron chi connectivity index (χ4n) is 5.22. The van der Waals surface area contributed by atoms with Crippen LogP contribution in [-0.2, 0) is 14.3 Å². The maximum Gasteiger partial charge on any atom is 0.407 e. The summed E-state index contributed by atoms with van der Waals surface area (Å²) in [5.41, 5.74) is 3.19. The third-order valence-electron chi connectivity index (χ3n) is 7.10. The molecular weight excluding hydrogens is 446 g/mol. The molecule has 35 heavy (non-hydrogen) atoms. The number of carboxylic acid groups (broad SMARTS) is 1. The van der Waals surface area contributed by atoms with E-state index in [1.807, 2.05) is 36.4 Å². The Bertz CT molecular complexity index is 1070. The lowest BCUT2D eigenvalue weighted by molar-refractivity contribution is -0.162. The molecule has 2 amide bonds. The molecule has 1 unspecified atom stereocenters. The van der Waals surface area contributed by atoms with Gasteiger partial charge in [-0.25, -0.2) is 9.59 Å². The molecule has 1 aliphatic carbocycles. The summed E-state index contributed by atoms with van der Waals surface area (Å²) < 4.78 is 5.63. The van der Waals surface area contributed by atoms with E-state index in [1.165, 1.54) is 4.90 Å². The number of likely N-dealkylation sites (N-methyl/N-ethyl adjacent to an activating group) is 1. The Morgan fingerprint density at radius 3 is 2.26 bits per heavy atom. The van der Waals surface area contributed by atoms with E-state index in [2.05, 4.69) is 17.4 Å². The van der Waals surface area contributed by atoms with Crippen molar-refractivity contribution in [1.29, 1.82) is 0 Å². The highest BCUT2D eigenvalue weighted by atomic mass is 16.5. The van der Waals surface area contributed by atoms with E-state index >= 15 is 0 Å². The Labute approximate surface area is 205 Å². The minimum atomic E-state index is -1.29. The summed E-state index contributed by atoms with van der Waals surface area (Å²) in [6.45, 7) is 2.29. The van der Waals surface area contributed by atoms with Gasteiger partial charge in [0.2, 0.25) is 5.91 Å². The van der Waals surface area contributed by atoms with Crippen LogP contribution < -0.4 is 5.32 Å². The fraction of sp³-hybridized carbons (Fsp3) is 0.444. The first-order chi connectivity index (χ1) is 16.7. The van der Waals surface area contributed by atoms with Crippen LogP contribution in [-0.4, -0.2) is 78.2 Å². The summed E-state index contributed by atoms with van der Waals surface area (Å²) in [5, 5.41) is 12.5. The molecule has 186 valence electrons. The third-order valence-corrected chi connectivity index (χ3v) is 7.10. The van der Waals surface area contributed by atoms with Gasteiger partial charge in [-0.2, -0.15) is 0 Å². The van der Waals surface area contributed by atoms with Gasteiger partial charge in [-0.05, 0) is 62.5 Å². The predicted octanol–water partition coefficient (Wildman–Crippen LogP) is 3.31. The molecule has 8 heteroatoms. The SMILES string of the molecule is CN(C)C[C@H](NC(=O)OCC1c2ccccc2-c2ccccc21)C(=O)N1CCCCC1(C)C(=O)O. The molecule has 1 saturated heterocycles. The number of rotatable bonds is 7. The van der Waals surface area contributed by atoms with Gasteiger partial charge in [-0.3, -0.25) is 4.79 Å². The van der Waals surface area contributed by atoms with Crippen LogP contribution in [0.15, 0.2) is 48.5 Å². The molecule has 4 rings (SSSR count). The summed E-state index contributed by atoms with van der Waals surface area (Å²) in [6.07, 6.45) is 1.16. The van der Waals surface area contributed by atoms with Gasteiger partial charge in [0.05, 0.1) is 0 Å². The van der Waals surface area contributed by atoms with Crippen molar-refractivity contribution in [2.75, 3.05) is 33.8 Å². The summed E-state index contributed by atoms with van der Waals surface area (Å²) >= 11 is 0. The van der Waals surface area contributed by atoms with Crippen molar-refractivity contribution in [2.24, 2.45) is 0 Å². The van der Waals surface area contributed by atoms with Gasteiger partial charge in [0.15, 0.2) is 0 Å². The van der Waals surface area contributed by atoms with Crippen molar-refractivity contribution in [1.82, 2.24) is 15.1 Å². The van der Waals surface area contributed by atoms with Gasteiger partial charge >= 0.3 is 12.1 Å². The largest absolute Gasteiger partial charge is 0.480 e. The zero-order chi connectivity index (χ0) is 25.2. The number of carboxylic acids is 1. The molecular formula is C27H33N3O5. The number of fused-ring (bicyclic) bond motifs is 3. The topological polar surface area (TPSA) is 99.2 Å². The summed E-state index contributed by atoms with van der Waals surface area (Å²) in [4.78, 5) is 41.5. The Hall–Kier alpha value is -3.39. The quantitative estimate of drug-likeness (QED) is 0.632. The Morgan fingerprint density at radius 1 is 1.09 bits per heavy atom. The number of hydrogen-bond acceptors (Lipinski definition) is 5. The number of benzene rings is 2. The first kappa shape index (κ1) is 24.7. The van der Waals surface area contributed by atoms with E-state index in [9.17, 15) is 19.5 Å². The van der Waals surface area contributed by atoms with E-state index in [0.717, 1.165) is 35.1 Å². The molecule has 0 bridgehead atoms. The number of nitrogens with one attached hydrogen (secondary N) is 1. The van der Waals surface area contributed by atoms with Gasteiger partial charge in [-0.1, -0.05) is 48.5 Å². The van der Waals surface area contributed by atoms with Crippen molar-refractivity contribution < 1.29 is 24.2 Å². The number of alkyl carbamates (subject to hydrolysis) is 1. The maximum atomic E-state index is 13.4. The number of nitrogens with zero attached hydrogens (tertiary/aromatic N) is 2. The Kier molecular flexibility index (Phi) is 7.12. The van der Waals surface area contributed by atoms with E-state index < -0.39 is 29.6 Å². The normalized spacial score (nSPS) is 20.2. The number of aliphatic carboxylic acids is 1. The number of carbonyl (C=O) groups is 3. The van der Waals surface area contributed by atoms with Crippen LogP contribution in [0, 0.1) is 0 Å². The molecule has 2 atom stereocenters. The van der Waals surface area contributed by atoms with Crippen LogP contribution in [0.3, 0.4) is 0 Å². The Balaban J connectivity index is 1.47. The standard InChI is InChI=1S/C27H33N3O5/c1-27(25(32)33)14-8-9-15-30(27)24(31)23(16-29(2)3)28-26(34)35-17-22-20-12-6-4-10-18(20)19-11-5-7-13-21(19)22/h4-7,10-13,22-23H,8-9,14-17H2,1-3H3,(H,28,34)(H,32,33)/t23-,27?/m0/s1. The van der Waals surface area contributed by atoms with E-state index in [4.69, 9.17) is 4.74 Å². The summed E-state index contributed by atoms with van der Waals surface area (Å²) in [6, 6.07) is 15.2. The maximum absolute atomic E-state index is 13.4. The molecule has 1 aliphatic heterocycles. The Morgan fingerprint density at radius 2 is 1.69 bits per heavy atom. The summed E-state index contributed by atoms with van der Waals surface area (Å²) in [7, 11) is 3.60. The van der Waals surface area contributed by atoms with Gasteiger partial charge < -0.3 is 25.0 Å². The lowest BCUT2D eigenvalue weighted by Gasteiger charge is -2.43. The van der Waals surface area contributed by atoms with Crippen molar-refractivity contribution >= 4 is 18.0 Å². The third kappa shape index (κ3) is 4.89. The van der Waals surface area contributed by atoms with Crippen LogP contribution in [0.4, 0.5) is 4.79 Å². The van der Waals surface area contributed by atoms with Gasteiger partial charge in [-0.15, -0.1) is 0 Å². The minimum Gasteiger partial charge on any atom is -0.480 e. The van der Waals surface area contributed by atoms with Crippen LogP contribution >= 0.6 is 0 Å². The predicted molar refractivity (Wildman–Crippen MR) is 132 cm³/mol. The molecule has 2 aromatic carbocycles. The lowest BCUT2D eigenvalue weighted by atomic mass is 9.87. The smallest absolute Gasteiger partial charge is 0.407 e. The number of hydrogen-bond donors (Lipinski definition) is 2. The van der Waals surface area contributed by atoms with Gasteiger partial charge in [0, 0.05) is 19.0 Å². The number of piperidine rings is 1. The van der Waals surface area contributed by atoms with Crippen molar-refractivity contribution in [3.63, 3.8) is 0 Å². The van der Waals surface area contributed by atoms with E-state index in [-0.39, 0.29) is 19.1 Å². The molecule has 0 aromatic heterocycles. The highest BCUT2D eigenvalue weighted by Crippen LogP contribution is 2.44. The van der Waals surface area contributed by atoms with Crippen molar-refractivity contribution in [2.45, 2.75) is 43.7 Å². The molecule has 0 saturated carbocycles. The summed E-state index contributed by atoms with van der Waals surface area (Å²) in [5.74, 6) is -1.53. The van der Waals surface area contributed by atoms with E-state index in [0.29, 0.717) is 13.0 Å². The average molecular weight is 480 g/mol. The molecule has 2 N–H and O–H groups in total. The number of amides is 2. The first-order valence-corrected chi connectivity index (χ1v) is 12.0. The highest BCUT2D eigenvalue weighted by Gasteiger charge is 2.46. The molecule has 2 aromatic rings. The van der Waals surface area contributed by atoms with Crippen LogP contribution in [0.25, 0.3) is 11.1 Å². The monoisotopic (exact) mass is 479 g/mol. The second kappa shape index (κ2) is 10.1. The van der Waals surface area contributed by atoms with E-state index in [1.54, 1.807) is 25.9 Å². The average Bonchev–Trinajstić information content (AvgIpc) is 3.15. The van der Waals surface area contributed by atoms with Crippen LogP contribution in [0.2, 0.25) is 0 Å². The molecule has 0 radical (unpaired) electrons. The molecule has 0 spiro atoms. The fourth-order valence-corrected chi connectivity index (χ4v) is 5.22. The number of carbonyl (C=O) groups excluding carboxylic acids is 2. The zero-order valence-corrected chi connectivity index (χ0v) is 20.5. The van der Waals surface area contributed by atoms with Gasteiger partial charge in [0.1, 0.15) is 18.2 Å².